The fourth-order valence-electron chi connectivity index (χ4n) is 3.79. The Kier molecular flexibility index (Phi) is 4.32. The van der Waals surface area contributed by atoms with Gasteiger partial charge in [-0.25, -0.2) is 0 Å². The number of rotatable bonds is 6. The highest BCUT2D eigenvalue weighted by Gasteiger charge is 2.39. The van der Waals surface area contributed by atoms with Crippen LogP contribution in [0.4, 0.5) is 5.69 Å². The van der Waals surface area contributed by atoms with Crippen LogP contribution >= 0.6 is 0 Å². The van der Waals surface area contributed by atoms with Gasteiger partial charge in [-0.1, -0.05) is 6.42 Å². The number of nitrogens with one attached hydrogen (secondary N) is 1. The number of amides is 1. The van der Waals surface area contributed by atoms with Crippen LogP contribution in [-0.4, -0.2) is 19.1 Å². The van der Waals surface area contributed by atoms with Gasteiger partial charge in [0, 0.05) is 12.2 Å². The van der Waals surface area contributed by atoms with Gasteiger partial charge in [-0.3, -0.25) is 4.79 Å². The maximum Gasteiger partial charge on any atom is 0.223 e. The summed E-state index contributed by atoms with van der Waals surface area (Å²) in [6.45, 7) is 1.26. The summed E-state index contributed by atoms with van der Waals surface area (Å²) in [5.74, 6) is 3.36. The molecule has 1 aromatic carbocycles. The Labute approximate surface area is 126 Å². The quantitative estimate of drug-likeness (QED) is 0.791. The van der Waals surface area contributed by atoms with Gasteiger partial charge >= 0.3 is 0 Å². The second-order valence-corrected chi connectivity index (χ2v) is 6.41. The average Bonchev–Trinajstić information content (AvgIpc) is 3.10. The summed E-state index contributed by atoms with van der Waals surface area (Å²) >= 11 is 0. The van der Waals surface area contributed by atoms with Crippen LogP contribution in [0.2, 0.25) is 0 Å². The van der Waals surface area contributed by atoms with Crippen molar-refractivity contribution < 1.29 is 9.53 Å². The number of carbonyl (C=O) groups excluding carboxylic acids is 1. The number of nitrogen functional groups attached to an aromatic ring is 1. The molecule has 4 heteroatoms. The number of hydrogen-bond donors (Lipinski definition) is 2. The van der Waals surface area contributed by atoms with Crippen molar-refractivity contribution in [3.05, 3.63) is 24.3 Å². The van der Waals surface area contributed by atoms with E-state index in [0.717, 1.165) is 24.1 Å². The molecule has 0 spiro atoms. The van der Waals surface area contributed by atoms with Gasteiger partial charge < -0.3 is 15.8 Å². The zero-order chi connectivity index (χ0) is 14.7. The van der Waals surface area contributed by atoms with Crippen molar-refractivity contribution in [3.8, 4) is 5.75 Å². The number of ether oxygens (including phenoxy) is 1. The van der Waals surface area contributed by atoms with E-state index in [9.17, 15) is 4.79 Å². The molecule has 3 N–H and O–H groups in total. The molecule has 3 atom stereocenters. The van der Waals surface area contributed by atoms with Gasteiger partial charge in [-0.2, -0.15) is 0 Å². The Morgan fingerprint density at radius 3 is 2.71 bits per heavy atom. The van der Waals surface area contributed by atoms with E-state index >= 15 is 0 Å². The SMILES string of the molecule is Nc1ccc(OCCC(=O)NCC2CC3CCC2C3)cc1. The number of nitrogens with two attached hydrogens (primary N) is 1. The Bertz CT molecular complexity index is 486. The minimum atomic E-state index is 0.0909. The summed E-state index contributed by atoms with van der Waals surface area (Å²) in [6.07, 6.45) is 5.88. The summed E-state index contributed by atoms with van der Waals surface area (Å²) in [4.78, 5) is 11.8. The van der Waals surface area contributed by atoms with E-state index in [0.29, 0.717) is 24.6 Å². The number of carbonyl (C=O) groups is 1. The first kappa shape index (κ1) is 14.2. The summed E-state index contributed by atoms with van der Waals surface area (Å²) in [5.41, 5.74) is 6.32. The van der Waals surface area contributed by atoms with Gasteiger partial charge in [0.25, 0.3) is 0 Å². The van der Waals surface area contributed by atoms with Gasteiger partial charge in [0.2, 0.25) is 5.91 Å². The lowest BCUT2D eigenvalue weighted by molar-refractivity contribution is -0.121. The molecule has 2 bridgehead atoms. The molecule has 114 valence electrons. The van der Waals surface area contributed by atoms with Crippen LogP contribution in [0.15, 0.2) is 24.3 Å². The van der Waals surface area contributed by atoms with Crippen LogP contribution in [0.25, 0.3) is 0 Å². The van der Waals surface area contributed by atoms with Crippen molar-refractivity contribution in [2.75, 3.05) is 18.9 Å². The number of anilines is 1. The fourth-order valence-corrected chi connectivity index (χ4v) is 3.79. The predicted octanol–water partition coefficient (Wildman–Crippen LogP) is 2.59. The number of benzene rings is 1. The fraction of sp³-hybridized carbons (Fsp3) is 0.588. The Hall–Kier alpha value is -1.71. The van der Waals surface area contributed by atoms with Gasteiger partial charge in [-0.05, 0) is 61.3 Å². The predicted molar refractivity (Wildman–Crippen MR) is 82.9 cm³/mol. The molecule has 0 aliphatic heterocycles. The molecule has 0 radical (unpaired) electrons. The lowest BCUT2D eigenvalue weighted by atomic mass is 9.89. The number of hydrogen-bond acceptors (Lipinski definition) is 3. The molecule has 0 aromatic heterocycles. The number of fused-ring (bicyclic) bond motifs is 2. The van der Waals surface area contributed by atoms with E-state index in [1.165, 1.54) is 25.7 Å². The van der Waals surface area contributed by atoms with Crippen molar-refractivity contribution in [1.29, 1.82) is 0 Å². The molecule has 0 saturated heterocycles. The average molecular weight is 288 g/mol. The minimum absolute atomic E-state index is 0.0909. The molecule has 2 fully saturated rings. The monoisotopic (exact) mass is 288 g/mol. The molecule has 3 unspecified atom stereocenters. The highest BCUT2D eigenvalue weighted by molar-refractivity contribution is 5.76. The Morgan fingerprint density at radius 2 is 2.05 bits per heavy atom. The third-order valence-electron chi connectivity index (χ3n) is 4.92. The molecular weight excluding hydrogens is 264 g/mol. The van der Waals surface area contributed by atoms with Crippen LogP contribution in [0.1, 0.15) is 32.1 Å². The first-order valence-electron chi connectivity index (χ1n) is 7.96. The smallest absolute Gasteiger partial charge is 0.223 e. The van der Waals surface area contributed by atoms with Crippen LogP contribution in [0, 0.1) is 17.8 Å². The second kappa shape index (κ2) is 6.37. The second-order valence-electron chi connectivity index (χ2n) is 6.41. The molecule has 2 aliphatic carbocycles. The lowest BCUT2D eigenvalue weighted by Crippen LogP contribution is -2.32. The topological polar surface area (TPSA) is 64.3 Å². The highest BCUT2D eigenvalue weighted by Crippen LogP contribution is 2.47. The standard InChI is InChI=1S/C17H24N2O2/c18-15-3-5-16(6-4-15)21-8-7-17(20)19-11-14-10-12-1-2-13(14)9-12/h3-6,12-14H,1-2,7-11,18H2,(H,19,20). The van der Waals surface area contributed by atoms with Crippen LogP contribution < -0.4 is 15.8 Å². The third kappa shape index (κ3) is 3.69. The third-order valence-corrected chi connectivity index (χ3v) is 4.92. The van der Waals surface area contributed by atoms with Crippen molar-refractivity contribution in [2.24, 2.45) is 17.8 Å². The maximum absolute atomic E-state index is 11.8. The Morgan fingerprint density at radius 1 is 1.24 bits per heavy atom. The zero-order valence-corrected chi connectivity index (χ0v) is 12.4. The summed E-state index contributed by atoms with van der Waals surface area (Å²) < 4.78 is 5.54. The van der Waals surface area contributed by atoms with Crippen LogP contribution in [0.3, 0.4) is 0 Å². The minimum Gasteiger partial charge on any atom is -0.493 e. The molecule has 1 amide bonds. The van der Waals surface area contributed by atoms with E-state index in [-0.39, 0.29) is 5.91 Å². The first-order valence-corrected chi connectivity index (χ1v) is 7.96. The normalized spacial score (nSPS) is 26.8. The molecule has 2 aliphatic rings. The first-order chi connectivity index (χ1) is 10.2. The van der Waals surface area contributed by atoms with Crippen LogP contribution in [-0.2, 0) is 4.79 Å². The van der Waals surface area contributed by atoms with Crippen molar-refractivity contribution >= 4 is 11.6 Å². The molecule has 0 heterocycles. The molecule has 1 aromatic rings. The molecule has 3 rings (SSSR count). The van der Waals surface area contributed by atoms with Gasteiger partial charge in [0.05, 0.1) is 13.0 Å². The van der Waals surface area contributed by atoms with Crippen molar-refractivity contribution in [3.63, 3.8) is 0 Å². The molecular formula is C17H24N2O2. The maximum atomic E-state index is 11.8. The summed E-state index contributed by atoms with van der Waals surface area (Å²) in [5, 5.41) is 3.07. The van der Waals surface area contributed by atoms with E-state index in [1.807, 2.05) is 12.1 Å². The van der Waals surface area contributed by atoms with Gasteiger partial charge in [-0.15, -0.1) is 0 Å². The van der Waals surface area contributed by atoms with Crippen molar-refractivity contribution in [2.45, 2.75) is 32.1 Å². The summed E-state index contributed by atoms with van der Waals surface area (Å²) in [7, 11) is 0. The highest BCUT2D eigenvalue weighted by atomic mass is 16.5. The molecule has 4 nitrogen and oxygen atoms in total. The van der Waals surface area contributed by atoms with Gasteiger partial charge in [0.15, 0.2) is 0 Å². The lowest BCUT2D eigenvalue weighted by Gasteiger charge is -2.21. The summed E-state index contributed by atoms with van der Waals surface area (Å²) in [6, 6.07) is 7.24. The van der Waals surface area contributed by atoms with Crippen molar-refractivity contribution in [1.82, 2.24) is 5.32 Å². The zero-order valence-electron chi connectivity index (χ0n) is 12.4. The van der Waals surface area contributed by atoms with E-state index < -0.39 is 0 Å². The largest absolute Gasteiger partial charge is 0.493 e. The Balaban J connectivity index is 1.32. The van der Waals surface area contributed by atoms with Gasteiger partial charge in [0.1, 0.15) is 5.75 Å². The molecule has 2 saturated carbocycles. The van der Waals surface area contributed by atoms with Crippen LogP contribution in [0.5, 0.6) is 5.75 Å². The van der Waals surface area contributed by atoms with E-state index in [2.05, 4.69) is 5.32 Å². The molecule has 21 heavy (non-hydrogen) atoms. The van der Waals surface area contributed by atoms with E-state index in [1.54, 1.807) is 12.1 Å². The van der Waals surface area contributed by atoms with E-state index in [4.69, 9.17) is 10.5 Å².